The molecule has 0 saturated heterocycles. The summed E-state index contributed by atoms with van der Waals surface area (Å²) in [5.74, 6) is -1.29. The number of rotatable bonds is 8. The monoisotopic (exact) mass is 231 g/mol. The Morgan fingerprint density at radius 3 is 1.88 bits per heavy atom. The summed E-state index contributed by atoms with van der Waals surface area (Å²) in [4.78, 5) is 23.3. The second-order valence-corrected chi connectivity index (χ2v) is 3.67. The fraction of sp³-hybridized carbons (Fsp3) is 0.818. The molecule has 0 aliphatic heterocycles. The van der Waals surface area contributed by atoms with Gasteiger partial charge in [0.2, 0.25) is 0 Å². The third-order valence-corrected chi connectivity index (χ3v) is 2.36. The van der Waals surface area contributed by atoms with Gasteiger partial charge in [-0.25, -0.2) is 0 Å². The van der Waals surface area contributed by atoms with Crippen LogP contribution in [-0.4, -0.2) is 46.7 Å². The Balaban J connectivity index is 3.93. The Hall–Kier alpha value is -0.940. The highest BCUT2D eigenvalue weighted by atomic mass is 16.3. The van der Waals surface area contributed by atoms with Crippen LogP contribution in [0.25, 0.3) is 0 Å². The third kappa shape index (κ3) is 5.82. The predicted octanol–water partition coefficient (Wildman–Crippen LogP) is 0.297. The van der Waals surface area contributed by atoms with Gasteiger partial charge in [-0.2, -0.15) is 0 Å². The van der Waals surface area contributed by atoms with E-state index >= 15 is 0 Å². The Bertz CT molecular complexity index is 202. The maximum absolute atomic E-state index is 11.2. The van der Waals surface area contributed by atoms with E-state index in [9.17, 15) is 9.59 Å². The van der Waals surface area contributed by atoms with Crippen molar-refractivity contribution in [2.45, 2.75) is 39.0 Å². The van der Waals surface area contributed by atoms with Gasteiger partial charge in [0.15, 0.2) is 0 Å². The maximum atomic E-state index is 11.2. The topological polar surface area (TPSA) is 77.8 Å². The van der Waals surface area contributed by atoms with Crippen molar-refractivity contribution in [2.75, 3.05) is 19.8 Å². The molecule has 5 nitrogen and oxygen atoms in total. The molecular formula is C11H21NO4. The standard InChI is InChI=1S/C11H21NO4/c1-2-3-4-5-6-7-12(10(15)8-13)11(16)9-14/h13-14H,2-9H2,1H3. The summed E-state index contributed by atoms with van der Waals surface area (Å²) in [5, 5.41) is 17.3. The Kier molecular flexibility index (Phi) is 8.75. The summed E-state index contributed by atoms with van der Waals surface area (Å²) in [6.45, 7) is 1.00. The SMILES string of the molecule is CCCCCCCN(C(=O)CO)C(=O)CO. The number of unbranched alkanes of at least 4 members (excludes halogenated alkanes) is 4. The van der Waals surface area contributed by atoms with E-state index in [0.717, 1.165) is 37.0 Å². The van der Waals surface area contributed by atoms with Crippen molar-refractivity contribution in [3.63, 3.8) is 0 Å². The summed E-state index contributed by atoms with van der Waals surface area (Å²) >= 11 is 0. The van der Waals surface area contributed by atoms with E-state index in [2.05, 4.69) is 6.92 Å². The smallest absolute Gasteiger partial charge is 0.254 e. The number of carbonyl (C=O) groups is 2. The highest BCUT2D eigenvalue weighted by Crippen LogP contribution is 2.04. The van der Waals surface area contributed by atoms with Crippen molar-refractivity contribution in [1.29, 1.82) is 0 Å². The zero-order chi connectivity index (χ0) is 12.4. The molecule has 2 amide bonds. The van der Waals surface area contributed by atoms with E-state index < -0.39 is 25.0 Å². The van der Waals surface area contributed by atoms with E-state index in [0.29, 0.717) is 0 Å². The lowest BCUT2D eigenvalue weighted by atomic mass is 10.1. The van der Waals surface area contributed by atoms with Crippen molar-refractivity contribution >= 4 is 11.8 Å². The van der Waals surface area contributed by atoms with Crippen LogP contribution in [-0.2, 0) is 9.59 Å². The highest BCUT2D eigenvalue weighted by Gasteiger charge is 2.18. The molecule has 0 fully saturated rings. The first-order valence-corrected chi connectivity index (χ1v) is 5.72. The molecule has 0 bridgehead atoms. The van der Waals surface area contributed by atoms with Crippen LogP contribution in [0.1, 0.15) is 39.0 Å². The first-order valence-electron chi connectivity index (χ1n) is 5.72. The molecule has 0 rings (SSSR count). The Labute approximate surface area is 96.1 Å². The number of nitrogens with zero attached hydrogens (tertiary/aromatic N) is 1. The molecule has 0 heterocycles. The molecule has 16 heavy (non-hydrogen) atoms. The van der Waals surface area contributed by atoms with Crippen molar-refractivity contribution in [1.82, 2.24) is 4.90 Å². The van der Waals surface area contributed by atoms with Gasteiger partial charge in [0, 0.05) is 6.54 Å². The normalized spacial score (nSPS) is 10.2. The average Bonchev–Trinajstić information content (AvgIpc) is 2.32. The van der Waals surface area contributed by atoms with Gasteiger partial charge in [-0.15, -0.1) is 0 Å². The number of aliphatic hydroxyl groups is 2. The van der Waals surface area contributed by atoms with E-state index in [-0.39, 0.29) is 6.54 Å². The first kappa shape index (κ1) is 15.1. The molecular weight excluding hydrogens is 210 g/mol. The fourth-order valence-corrected chi connectivity index (χ4v) is 1.43. The molecule has 5 heteroatoms. The minimum absolute atomic E-state index is 0.280. The lowest BCUT2D eigenvalue weighted by Gasteiger charge is -2.18. The molecule has 94 valence electrons. The van der Waals surface area contributed by atoms with Crippen LogP contribution in [0.3, 0.4) is 0 Å². The number of carbonyl (C=O) groups excluding carboxylic acids is 2. The minimum Gasteiger partial charge on any atom is -0.387 e. The Morgan fingerprint density at radius 1 is 0.938 bits per heavy atom. The van der Waals surface area contributed by atoms with Gasteiger partial charge >= 0.3 is 0 Å². The lowest BCUT2D eigenvalue weighted by molar-refractivity contribution is -0.148. The average molecular weight is 231 g/mol. The van der Waals surface area contributed by atoms with E-state index in [4.69, 9.17) is 10.2 Å². The molecule has 0 atom stereocenters. The molecule has 0 unspecified atom stereocenters. The molecule has 2 N–H and O–H groups in total. The highest BCUT2D eigenvalue weighted by molar-refractivity contribution is 5.96. The van der Waals surface area contributed by atoms with Crippen LogP contribution >= 0.6 is 0 Å². The molecule has 0 aromatic carbocycles. The number of hydrogen-bond donors (Lipinski definition) is 2. The van der Waals surface area contributed by atoms with E-state index in [1.165, 1.54) is 0 Å². The van der Waals surface area contributed by atoms with Gasteiger partial charge in [0.25, 0.3) is 11.8 Å². The summed E-state index contributed by atoms with van der Waals surface area (Å²) < 4.78 is 0. The van der Waals surface area contributed by atoms with Crippen LogP contribution < -0.4 is 0 Å². The molecule has 0 saturated carbocycles. The van der Waals surface area contributed by atoms with Gasteiger partial charge in [0.1, 0.15) is 13.2 Å². The van der Waals surface area contributed by atoms with Crippen LogP contribution in [0.2, 0.25) is 0 Å². The predicted molar refractivity (Wildman–Crippen MR) is 59.7 cm³/mol. The maximum Gasteiger partial charge on any atom is 0.254 e. The Morgan fingerprint density at radius 2 is 1.44 bits per heavy atom. The van der Waals surface area contributed by atoms with Gasteiger partial charge < -0.3 is 10.2 Å². The van der Waals surface area contributed by atoms with E-state index in [1.54, 1.807) is 0 Å². The third-order valence-electron chi connectivity index (χ3n) is 2.36. The number of amides is 2. The van der Waals surface area contributed by atoms with Gasteiger partial charge in [-0.05, 0) is 6.42 Å². The van der Waals surface area contributed by atoms with E-state index in [1.807, 2.05) is 0 Å². The van der Waals surface area contributed by atoms with Crippen LogP contribution in [0, 0.1) is 0 Å². The van der Waals surface area contributed by atoms with Crippen LogP contribution in [0.5, 0.6) is 0 Å². The van der Waals surface area contributed by atoms with Crippen LogP contribution in [0.4, 0.5) is 0 Å². The molecule has 0 aromatic heterocycles. The summed E-state index contributed by atoms with van der Waals surface area (Å²) in [7, 11) is 0. The van der Waals surface area contributed by atoms with Crippen molar-refractivity contribution < 1.29 is 19.8 Å². The number of hydrogen-bond acceptors (Lipinski definition) is 4. The minimum atomic E-state index is -0.694. The van der Waals surface area contributed by atoms with Gasteiger partial charge in [-0.3, -0.25) is 14.5 Å². The van der Waals surface area contributed by atoms with Crippen LogP contribution in [0.15, 0.2) is 0 Å². The zero-order valence-electron chi connectivity index (χ0n) is 9.81. The molecule has 0 aliphatic carbocycles. The van der Waals surface area contributed by atoms with Crippen molar-refractivity contribution in [3.8, 4) is 0 Å². The quantitative estimate of drug-likeness (QED) is 0.589. The zero-order valence-corrected chi connectivity index (χ0v) is 9.81. The first-order chi connectivity index (χ1) is 7.67. The number of aliphatic hydroxyl groups excluding tert-OH is 2. The molecule has 0 radical (unpaired) electrons. The largest absolute Gasteiger partial charge is 0.387 e. The second kappa shape index (κ2) is 9.30. The second-order valence-electron chi connectivity index (χ2n) is 3.67. The lowest BCUT2D eigenvalue weighted by Crippen LogP contribution is -2.41. The summed E-state index contributed by atoms with van der Waals surface area (Å²) in [5.41, 5.74) is 0. The van der Waals surface area contributed by atoms with Gasteiger partial charge in [0.05, 0.1) is 0 Å². The summed E-state index contributed by atoms with van der Waals surface area (Å²) in [6, 6.07) is 0. The molecule has 0 aromatic rings. The molecule has 0 spiro atoms. The number of imide groups is 1. The van der Waals surface area contributed by atoms with Crippen molar-refractivity contribution in [3.05, 3.63) is 0 Å². The molecule has 0 aliphatic rings. The summed E-state index contributed by atoms with van der Waals surface area (Å²) in [6.07, 6.45) is 5.01. The van der Waals surface area contributed by atoms with Crippen molar-refractivity contribution in [2.24, 2.45) is 0 Å². The van der Waals surface area contributed by atoms with Gasteiger partial charge in [-0.1, -0.05) is 32.6 Å². The fourth-order valence-electron chi connectivity index (χ4n) is 1.43.